The molecule has 0 bridgehead atoms. The van der Waals surface area contributed by atoms with Gasteiger partial charge in [-0.1, -0.05) is 6.92 Å². The summed E-state index contributed by atoms with van der Waals surface area (Å²) < 4.78 is 0. The van der Waals surface area contributed by atoms with Crippen molar-refractivity contribution in [3.63, 3.8) is 0 Å². The summed E-state index contributed by atoms with van der Waals surface area (Å²) in [5.74, 6) is 0.912. The van der Waals surface area contributed by atoms with E-state index < -0.39 is 0 Å². The number of aliphatic imine (C=N–C) groups is 1. The largest absolute Gasteiger partial charge is 0.349 e. The normalized spacial score (nSPS) is 21.1. The summed E-state index contributed by atoms with van der Waals surface area (Å²) in [6.45, 7) is 2.22. The van der Waals surface area contributed by atoms with Crippen LogP contribution in [0.2, 0.25) is 0 Å². The molecule has 0 N–H and O–H groups in total. The molecule has 0 aromatic carbocycles. The molecule has 1 saturated carbocycles. The highest BCUT2D eigenvalue weighted by Gasteiger charge is 2.31. The highest BCUT2D eigenvalue weighted by atomic mass is 16.2. The maximum Gasteiger partial charge on any atom is 0.222 e. The number of amides is 1. The van der Waals surface area contributed by atoms with E-state index in [1.807, 2.05) is 18.5 Å². The molecule has 4 nitrogen and oxygen atoms in total. The van der Waals surface area contributed by atoms with Crippen molar-refractivity contribution in [1.29, 1.82) is 0 Å². The maximum absolute atomic E-state index is 11.5. The first kappa shape index (κ1) is 14.7. The van der Waals surface area contributed by atoms with Gasteiger partial charge in [-0.15, -0.1) is 0 Å². The van der Waals surface area contributed by atoms with Crippen LogP contribution in [0.25, 0.3) is 0 Å². The first-order valence-electron chi connectivity index (χ1n) is 7.24. The minimum atomic E-state index is 0.172. The predicted molar refractivity (Wildman–Crippen MR) is 81.0 cm³/mol. The molecule has 1 fully saturated rings. The van der Waals surface area contributed by atoms with Crippen molar-refractivity contribution >= 4 is 12.1 Å². The molecule has 1 aromatic rings. The van der Waals surface area contributed by atoms with Crippen LogP contribution in [0.4, 0.5) is 0 Å². The topological polar surface area (TPSA) is 45.6 Å². The summed E-state index contributed by atoms with van der Waals surface area (Å²) >= 11 is 0. The lowest BCUT2D eigenvalue weighted by Crippen LogP contribution is -2.21. The van der Waals surface area contributed by atoms with Crippen LogP contribution in [0.5, 0.6) is 0 Å². The van der Waals surface area contributed by atoms with E-state index in [0.717, 1.165) is 30.0 Å². The minimum Gasteiger partial charge on any atom is -0.349 e. The molecule has 0 radical (unpaired) electrons. The second-order valence-electron chi connectivity index (χ2n) is 5.78. The maximum atomic E-state index is 11.5. The lowest BCUT2D eigenvalue weighted by molar-refractivity contribution is -0.128. The Morgan fingerprint density at radius 2 is 2.30 bits per heavy atom. The van der Waals surface area contributed by atoms with E-state index in [1.165, 1.54) is 6.42 Å². The van der Waals surface area contributed by atoms with Gasteiger partial charge in [0.15, 0.2) is 0 Å². The van der Waals surface area contributed by atoms with E-state index in [1.54, 1.807) is 19.0 Å². The predicted octanol–water partition coefficient (Wildman–Crippen LogP) is 2.32. The van der Waals surface area contributed by atoms with Crippen LogP contribution in [0.1, 0.15) is 37.4 Å². The van der Waals surface area contributed by atoms with Gasteiger partial charge in [-0.2, -0.15) is 0 Å². The highest BCUT2D eigenvalue weighted by molar-refractivity contribution is 5.79. The van der Waals surface area contributed by atoms with Gasteiger partial charge in [0.2, 0.25) is 5.91 Å². The third kappa shape index (κ3) is 4.44. The fraction of sp³-hybridized carbons (Fsp3) is 0.562. The smallest absolute Gasteiger partial charge is 0.222 e. The van der Waals surface area contributed by atoms with E-state index in [9.17, 15) is 4.79 Å². The van der Waals surface area contributed by atoms with Gasteiger partial charge < -0.3 is 4.90 Å². The zero-order valence-electron chi connectivity index (χ0n) is 12.5. The molecule has 1 amide bonds. The number of hydrogen-bond acceptors (Lipinski definition) is 3. The van der Waals surface area contributed by atoms with Gasteiger partial charge >= 0.3 is 0 Å². The third-order valence-corrected chi connectivity index (χ3v) is 3.65. The Morgan fingerprint density at radius 1 is 1.55 bits per heavy atom. The van der Waals surface area contributed by atoms with Gasteiger partial charge in [0.05, 0.1) is 6.04 Å². The Morgan fingerprint density at radius 3 is 2.95 bits per heavy atom. The molecule has 1 heterocycles. The fourth-order valence-corrected chi connectivity index (χ4v) is 2.05. The molecule has 20 heavy (non-hydrogen) atoms. The number of nitrogens with zero attached hydrogens (tertiary/aromatic N) is 3. The first-order chi connectivity index (χ1) is 9.56. The number of carbonyl (C=O) groups excluding carboxylic acids is 1. The zero-order chi connectivity index (χ0) is 14.5. The molecule has 0 aliphatic heterocycles. The molecule has 1 aliphatic carbocycles. The fourth-order valence-electron chi connectivity index (χ4n) is 2.05. The van der Waals surface area contributed by atoms with E-state index in [0.29, 0.717) is 12.5 Å². The van der Waals surface area contributed by atoms with Crippen LogP contribution in [-0.4, -0.2) is 42.1 Å². The van der Waals surface area contributed by atoms with Gasteiger partial charge in [0.1, 0.15) is 0 Å². The number of aromatic nitrogens is 1. The van der Waals surface area contributed by atoms with Gasteiger partial charge in [-0.05, 0) is 42.9 Å². The Labute approximate surface area is 120 Å². The molecule has 2 unspecified atom stereocenters. The molecular formula is C16H23N3O. The monoisotopic (exact) mass is 273 g/mol. The Bertz CT molecular complexity index is 496. The number of carbonyl (C=O) groups is 1. The summed E-state index contributed by atoms with van der Waals surface area (Å²) in [6, 6.07) is 4.56. The average Bonchev–Trinajstić information content (AvgIpc) is 3.13. The van der Waals surface area contributed by atoms with Crippen LogP contribution in [0.3, 0.4) is 0 Å². The number of aryl methyl sites for hydroxylation is 1. The van der Waals surface area contributed by atoms with Gasteiger partial charge in [0.25, 0.3) is 0 Å². The van der Waals surface area contributed by atoms with Crippen molar-refractivity contribution < 1.29 is 4.79 Å². The van der Waals surface area contributed by atoms with Crippen LogP contribution in [0.15, 0.2) is 23.3 Å². The lowest BCUT2D eigenvalue weighted by Gasteiger charge is -2.09. The molecule has 2 rings (SSSR count). The Hall–Kier alpha value is -1.71. The van der Waals surface area contributed by atoms with E-state index in [2.05, 4.69) is 23.0 Å². The highest BCUT2D eigenvalue weighted by Crippen LogP contribution is 2.32. The van der Waals surface area contributed by atoms with E-state index in [-0.39, 0.29) is 5.91 Å². The summed E-state index contributed by atoms with van der Waals surface area (Å²) in [4.78, 5) is 22.0. The number of rotatable bonds is 6. The van der Waals surface area contributed by atoms with Crippen molar-refractivity contribution in [2.45, 2.75) is 38.6 Å². The van der Waals surface area contributed by atoms with Gasteiger partial charge in [-0.3, -0.25) is 14.8 Å². The van der Waals surface area contributed by atoms with Gasteiger partial charge in [0, 0.05) is 38.6 Å². The van der Waals surface area contributed by atoms with E-state index in [4.69, 9.17) is 0 Å². The van der Waals surface area contributed by atoms with Crippen molar-refractivity contribution in [2.24, 2.45) is 10.9 Å². The minimum absolute atomic E-state index is 0.172. The summed E-state index contributed by atoms with van der Waals surface area (Å²) in [7, 11) is 3.58. The van der Waals surface area contributed by atoms with Crippen LogP contribution >= 0.6 is 0 Å². The second kappa shape index (κ2) is 6.64. The van der Waals surface area contributed by atoms with Crippen LogP contribution in [0, 0.1) is 5.92 Å². The van der Waals surface area contributed by atoms with Gasteiger partial charge in [-0.25, -0.2) is 0 Å². The molecule has 1 aromatic heterocycles. The molecule has 0 saturated heterocycles. The van der Waals surface area contributed by atoms with Crippen molar-refractivity contribution in [3.05, 3.63) is 29.6 Å². The summed E-state index contributed by atoms with van der Waals surface area (Å²) in [5, 5.41) is 0. The first-order valence-corrected chi connectivity index (χ1v) is 7.24. The third-order valence-electron chi connectivity index (χ3n) is 3.65. The van der Waals surface area contributed by atoms with Crippen molar-refractivity contribution in [3.8, 4) is 0 Å². The zero-order valence-corrected chi connectivity index (χ0v) is 12.5. The molecule has 0 spiro atoms. The molecule has 108 valence electrons. The summed E-state index contributed by atoms with van der Waals surface area (Å²) in [6.07, 6.45) is 7.23. The number of pyridine rings is 1. The molecular weight excluding hydrogens is 250 g/mol. The standard InChI is InChI=1S/C16H23N3O/c1-12-9-15(12)18-11-13-7-8-17-14(10-13)5-4-6-16(20)19(2)3/h7-8,10-12,15H,4-6,9H2,1-3H3. The Kier molecular flexibility index (Phi) is 4.88. The molecule has 4 heteroatoms. The molecule has 1 aliphatic rings. The Balaban J connectivity index is 1.83. The average molecular weight is 273 g/mol. The lowest BCUT2D eigenvalue weighted by atomic mass is 10.1. The second-order valence-corrected chi connectivity index (χ2v) is 5.78. The SMILES string of the molecule is CC1CC1N=Cc1ccnc(CCCC(=O)N(C)C)c1. The van der Waals surface area contributed by atoms with Crippen molar-refractivity contribution in [2.75, 3.05) is 14.1 Å². The molecule has 2 atom stereocenters. The van der Waals surface area contributed by atoms with Crippen molar-refractivity contribution in [1.82, 2.24) is 9.88 Å². The van der Waals surface area contributed by atoms with E-state index >= 15 is 0 Å². The van der Waals surface area contributed by atoms with Crippen LogP contribution in [-0.2, 0) is 11.2 Å². The summed E-state index contributed by atoms with van der Waals surface area (Å²) in [5.41, 5.74) is 2.14. The van der Waals surface area contributed by atoms with Crippen LogP contribution < -0.4 is 0 Å². The quantitative estimate of drug-likeness (QED) is 0.747. The number of hydrogen-bond donors (Lipinski definition) is 0.